The molecular formula is C9H13NaO6. The molecule has 0 rings (SSSR count). The Kier molecular flexibility index (Phi) is 9.51. The Hall–Kier alpha value is -0.590. The van der Waals surface area contributed by atoms with Gasteiger partial charge in [-0.2, -0.15) is 0 Å². The first kappa shape index (κ1) is 17.8. The van der Waals surface area contributed by atoms with Crippen LogP contribution in [0, 0.1) is 11.8 Å². The van der Waals surface area contributed by atoms with E-state index in [2.05, 4.69) is 0 Å². The van der Waals surface area contributed by atoms with Gasteiger partial charge in [-0.25, -0.2) is 0 Å². The number of carboxylic acids is 3. The number of aliphatic carboxylic acids is 3. The van der Waals surface area contributed by atoms with Gasteiger partial charge in [0.05, 0.1) is 11.8 Å². The molecule has 0 aromatic rings. The van der Waals surface area contributed by atoms with Crippen LogP contribution in [0.4, 0.5) is 0 Å². The van der Waals surface area contributed by atoms with Crippen LogP contribution in [0.15, 0.2) is 0 Å². The summed E-state index contributed by atoms with van der Waals surface area (Å²) in [6.07, 6.45) is -0.545. The molecule has 0 saturated heterocycles. The van der Waals surface area contributed by atoms with Crippen LogP contribution in [0.25, 0.3) is 0 Å². The molecular weight excluding hydrogens is 227 g/mol. The van der Waals surface area contributed by atoms with Crippen molar-refractivity contribution in [3.05, 3.63) is 0 Å². The summed E-state index contributed by atoms with van der Waals surface area (Å²) in [5, 5.41) is 27.4. The van der Waals surface area contributed by atoms with E-state index in [4.69, 9.17) is 10.2 Å². The van der Waals surface area contributed by atoms with Crippen molar-refractivity contribution in [1.29, 1.82) is 0 Å². The van der Waals surface area contributed by atoms with Crippen LogP contribution in [0.3, 0.4) is 0 Å². The molecule has 0 aliphatic rings. The Labute approximate surface area is 115 Å². The molecule has 0 radical (unpaired) electrons. The van der Waals surface area contributed by atoms with Crippen molar-refractivity contribution in [2.75, 3.05) is 0 Å². The number of carboxylic acid groups (broad SMARTS) is 3. The quantitative estimate of drug-likeness (QED) is 0.443. The minimum atomic E-state index is -1.33. The Bertz CT molecular complexity index is 265. The van der Waals surface area contributed by atoms with Crippen LogP contribution >= 0.6 is 0 Å². The van der Waals surface area contributed by atoms with Gasteiger partial charge in [0.1, 0.15) is 0 Å². The van der Waals surface area contributed by atoms with Gasteiger partial charge in [-0.3, -0.25) is 9.59 Å². The van der Waals surface area contributed by atoms with Gasteiger partial charge in [0.2, 0.25) is 0 Å². The zero-order chi connectivity index (χ0) is 12.0. The summed E-state index contributed by atoms with van der Waals surface area (Å²) in [7, 11) is 0. The van der Waals surface area contributed by atoms with Crippen LogP contribution in [-0.4, -0.2) is 28.1 Å². The van der Waals surface area contributed by atoms with Crippen molar-refractivity contribution in [3.63, 3.8) is 0 Å². The molecule has 0 saturated carbocycles. The van der Waals surface area contributed by atoms with Crippen molar-refractivity contribution >= 4 is 17.9 Å². The van der Waals surface area contributed by atoms with E-state index in [1.807, 2.05) is 0 Å². The molecule has 7 heteroatoms. The first-order chi connectivity index (χ1) is 6.84. The summed E-state index contributed by atoms with van der Waals surface area (Å²) in [6, 6.07) is 0. The second-order valence-electron chi connectivity index (χ2n) is 3.42. The second-order valence-corrected chi connectivity index (χ2v) is 3.42. The molecule has 0 bridgehead atoms. The number of rotatable bonds is 7. The molecule has 0 aromatic heterocycles. The molecule has 6 nitrogen and oxygen atoms in total. The zero-order valence-corrected chi connectivity index (χ0v) is 11.3. The van der Waals surface area contributed by atoms with E-state index < -0.39 is 29.7 Å². The van der Waals surface area contributed by atoms with Gasteiger partial charge in [0.25, 0.3) is 0 Å². The van der Waals surface area contributed by atoms with Crippen LogP contribution in [0.5, 0.6) is 0 Å². The molecule has 0 aliphatic carbocycles. The maximum atomic E-state index is 10.7. The van der Waals surface area contributed by atoms with E-state index in [0.717, 1.165) is 0 Å². The fraction of sp³-hybridized carbons (Fsp3) is 0.667. The van der Waals surface area contributed by atoms with Gasteiger partial charge < -0.3 is 20.1 Å². The van der Waals surface area contributed by atoms with Crippen LogP contribution in [0.1, 0.15) is 26.2 Å². The van der Waals surface area contributed by atoms with Crippen LogP contribution in [0.2, 0.25) is 0 Å². The molecule has 16 heavy (non-hydrogen) atoms. The molecule has 0 fully saturated rings. The van der Waals surface area contributed by atoms with Crippen molar-refractivity contribution in [2.45, 2.75) is 26.2 Å². The van der Waals surface area contributed by atoms with Gasteiger partial charge in [0, 0.05) is 5.97 Å². The Morgan fingerprint density at radius 1 is 1.19 bits per heavy atom. The third-order valence-corrected chi connectivity index (χ3v) is 2.11. The fourth-order valence-electron chi connectivity index (χ4n) is 1.16. The molecule has 0 spiro atoms. The average Bonchev–Trinajstić information content (AvgIpc) is 2.10. The van der Waals surface area contributed by atoms with E-state index in [-0.39, 0.29) is 48.8 Å². The zero-order valence-electron chi connectivity index (χ0n) is 9.30. The topological polar surface area (TPSA) is 115 Å². The standard InChI is InChI=1S/C9H14O6.Na/c1-5(8(12)13)4-6(9(14)15)2-3-7(10)11;/h5-6H,2-4H2,1H3,(H,10,11)(H,12,13)(H,14,15);/q;+1/p-1. The van der Waals surface area contributed by atoms with Crippen molar-refractivity contribution in [2.24, 2.45) is 11.8 Å². The maximum absolute atomic E-state index is 10.7. The monoisotopic (exact) mass is 240 g/mol. The Morgan fingerprint density at radius 2 is 1.69 bits per heavy atom. The van der Waals surface area contributed by atoms with E-state index in [1.54, 1.807) is 0 Å². The molecule has 0 amide bonds. The Morgan fingerprint density at radius 3 is 2.00 bits per heavy atom. The normalized spacial score (nSPS) is 13.3. The van der Waals surface area contributed by atoms with Crippen LogP contribution < -0.4 is 34.7 Å². The van der Waals surface area contributed by atoms with Gasteiger partial charge in [0.15, 0.2) is 0 Å². The first-order valence-electron chi connectivity index (χ1n) is 4.50. The summed E-state index contributed by atoms with van der Waals surface area (Å²) < 4.78 is 0. The van der Waals surface area contributed by atoms with E-state index in [1.165, 1.54) is 6.92 Å². The summed E-state index contributed by atoms with van der Waals surface area (Å²) in [5.74, 6) is -5.34. The number of carbonyl (C=O) groups excluding carboxylic acids is 1. The predicted octanol–water partition coefficient (Wildman–Crippen LogP) is -3.67. The van der Waals surface area contributed by atoms with Gasteiger partial charge in [-0.15, -0.1) is 0 Å². The molecule has 0 heterocycles. The smallest absolute Gasteiger partial charge is 0.550 e. The molecule has 2 unspecified atom stereocenters. The maximum Gasteiger partial charge on any atom is 1.00 e. The second kappa shape index (κ2) is 8.55. The van der Waals surface area contributed by atoms with Gasteiger partial charge in [-0.1, -0.05) is 6.92 Å². The summed E-state index contributed by atoms with van der Waals surface area (Å²) in [4.78, 5) is 31.3. The average molecular weight is 240 g/mol. The van der Waals surface area contributed by atoms with Crippen molar-refractivity contribution in [1.82, 2.24) is 0 Å². The molecule has 0 aromatic carbocycles. The van der Waals surface area contributed by atoms with Crippen molar-refractivity contribution in [3.8, 4) is 0 Å². The fourth-order valence-corrected chi connectivity index (χ4v) is 1.16. The van der Waals surface area contributed by atoms with Crippen molar-refractivity contribution < 1.29 is 59.3 Å². The third-order valence-electron chi connectivity index (χ3n) is 2.11. The number of carbonyl (C=O) groups is 3. The first-order valence-corrected chi connectivity index (χ1v) is 4.50. The number of hydrogen-bond acceptors (Lipinski definition) is 4. The molecule has 86 valence electrons. The summed E-state index contributed by atoms with van der Waals surface area (Å²) >= 11 is 0. The minimum absolute atomic E-state index is 0. The number of hydrogen-bond donors (Lipinski definition) is 2. The summed E-state index contributed by atoms with van der Waals surface area (Å²) in [5.41, 5.74) is 0. The van der Waals surface area contributed by atoms with E-state index in [9.17, 15) is 19.5 Å². The van der Waals surface area contributed by atoms with E-state index >= 15 is 0 Å². The van der Waals surface area contributed by atoms with Gasteiger partial charge in [-0.05, 0) is 19.3 Å². The SMILES string of the molecule is CC(CC(CCC(=O)[O-])C(=O)O)C(=O)O.[Na+]. The largest absolute Gasteiger partial charge is 1.00 e. The molecule has 2 atom stereocenters. The third kappa shape index (κ3) is 7.67. The van der Waals surface area contributed by atoms with E-state index in [0.29, 0.717) is 0 Å². The minimum Gasteiger partial charge on any atom is -0.550 e. The molecule has 0 aliphatic heterocycles. The van der Waals surface area contributed by atoms with Crippen LogP contribution in [-0.2, 0) is 14.4 Å². The molecule has 2 N–H and O–H groups in total. The Balaban J connectivity index is 0. The van der Waals surface area contributed by atoms with Gasteiger partial charge >= 0.3 is 41.5 Å². The predicted molar refractivity (Wildman–Crippen MR) is 46.8 cm³/mol. The summed E-state index contributed by atoms with van der Waals surface area (Å²) in [6.45, 7) is 1.39.